The highest BCUT2D eigenvalue weighted by molar-refractivity contribution is 6.32. The fourth-order valence-electron chi connectivity index (χ4n) is 3.20. The van der Waals surface area contributed by atoms with Crippen molar-refractivity contribution in [1.29, 1.82) is 5.26 Å². The Morgan fingerprint density at radius 1 is 1.43 bits per heavy atom. The first kappa shape index (κ1) is 15.6. The van der Waals surface area contributed by atoms with Gasteiger partial charge >= 0.3 is 0 Å². The zero-order chi connectivity index (χ0) is 16.2. The summed E-state index contributed by atoms with van der Waals surface area (Å²) in [5, 5.41) is 9.54. The van der Waals surface area contributed by atoms with Gasteiger partial charge in [-0.05, 0) is 43.7 Å². The molecule has 0 N–H and O–H groups in total. The van der Waals surface area contributed by atoms with Gasteiger partial charge in [0.05, 0.1) is 22.5 Å². The van der Waals surface area contributed by atoms with Gasteiger partial charge in [-0.15, -0.1) is 0 Å². The first-order valence-corrected chi connectivity index (χ1v) is 8.22. The first-order chi connectivity index (χ1) is 11.2. The highest BCUT2D eigenvalue weighted by atomic mass is 35.5. The topological polar surface area (TPSA) is 43.2 Å². The Kier molecular flexibility index (Phi) is 4.68. The lowest BCUT2D eigenvalue weighted by atomic mass is 10.1. The average molecular weight is 327 g/mol. The fourth-order valence-corrected chi connectivity index (χ4v) is 3.41. The fraction of sp³-hybridized carbons (Fsp3) is 0.333. The molecule has 1 saturated heterocycles. The number of hydrogen-bond acceptors (Lipinski definition) is 4. The van der Waals surface area contributed by atoms with Gasteiger partial charge in [0.1, 0.15) is 6.07 Å². The third-order valence-electron chi connectivity index (χ3n) is 4.36. The van der Waals surface area contributed by atoms with Crippen LogP contribution in [0, 0.1) is 11.3 Å². The summed E-state index contributed by atoms with van der Waals surface area (Å²) in [4.78, 5) is 8.94. The Bertz CT molecular complexity index is 711. The minimum atomic E-state index is 0.434. The van der Waals surface area contributed by atoms with E-state index in [1.807, 2.05) is 24.4 Å². The van der Waals surface area contributed by atoms with Crippen molar-refractivity contribution in [2.75, 3.05) is 29.4 Å². The molecule has 2 heterocycles. The Hall–Kier alpha value is -2.25. The molecule has 1 aliphatic heterocycles. The molecule has 0 radical (unpaired) electrons. The van der Waals surface area contributed by atoms with E-state index in [0.29, 0.717) is 16.6 Å². The number of anilines is 2. The summed E-state index contributed by atoms with van der Waals surface area (Å²) in [5.41, 5.74) is 2.77. The van der Waals surface area contributed by atoms with Crippen LogP contribution in [0.25, 0.3) is 0 Å². The lowest BCUT2D eigenvalue weighted by molar-refractivity contribution is 0.654. The molecule has 4 nitrogen and oxygen atoms in total. The smallest absolute Gasteiger partial charge is 0.101 e. The number of nitriles is 1. The maximum Gasteiger partial charge on any atom is 0.101 e. The predicted octanol–water partition coefficient (Wildman–Crippen LogP) is 3.71. The quantitative estimate of drug-likeness (QED) is 0.859. The van der Waals surface area contributed by atoms with Crippen LogP contribution in [0.4, 0.5) is 11.4 Å². The molecule has 0 spiro atoms. The SMILES string of the molecule is CCN(c1ccc(C#N)c(Cl)c1)[C@H]1CCN(c2cccnc2)C1. The maximum absolute atomic E-state index is 9.02. The number of benzene rings is 1. The van der Waals surface area contributed by atoms with Crippen LogP contribution in [0.2, 0.25) is 5.02 Å². The Balaban J connectivity index is 1.77. The Morgan fingerprint density at radius 3 is 2.96 bits per heavy atom. The van der Waals surface area contributed by atoms with E-state index >= 15 is 0 Å². The van der Waals surface area contributed by atoms with E-state index in [-0.39, 0.29) is 0 Å². The number of halogens is 1. The summed E-state index contributed by atoms with van der Waals surface area (Å²) in [5.74, 6) is 0. The van der Waals surface area contributed by atoms with Crippen LogP contribution in [0.3, 0.4) is 0 Å². The van der Waals surface area contributed by atoms with Gasteiger partial charge in [-0.3, -0.25) is 4.98 Å². The van der Waals surface area contributed by atoms with Crippen molar-refractivity contribution in [3.05, 3.63) is 53.3 Å². The average Bonchev–Trinajstić information content (AvgIpc) is 3.06. The van der Waals surface area contributed by atoms with Gasteiger partial charge < -0.3 is 9.80 Å². The third-order valence-corrected chi connectivity index (χ3v) is 4.67. The van der Waals surface area contributed by atoms with Crippen molar-refractivity contribution in [2.45, 2.75) is 19.4 Å². The van der Waals surface area contributed by atoms with Crippen LogP contribution >= 0.6 is 11.6 Å². The van der Waals surface area contributed by atoms with Gasteiger partial charge in [0.25, 0.3) is 0 Å². The van der Waals surface area contributed by atoms with Crippen LogP contribution in [-0.2, 0) is 0 Å². The monoisotopic (exact) mass is 326 g/mol. The molecule has 1 aliphatic rings. The van der Waals surface area contributed by atoms with E-state index in [0.717, 1.165) is 31.7 Å². The van der Waals surface area contributed by atoms with Crippen molar-refractivity contribution in [3.63, 3.8) is 0 Å². The number of pyridine rings is 1. The van der Waals surface area contributed by atoms with E-state index in [1.165, 1.54) is 5.69 Å². The van der Waals surface area contributed by atoms with Crippen LogP contribution in [-0.4, -0.2) is 30.7 Å². The summed E-state index contributed by atoms with van der Waals surface area (Å²) in [6, 6.07) is 12.3. The van der Waals surface area contributed by atoms with Crippen molar-refractivity contribution >= 4 is 23.0 Å². The van der Waals surface area contributed by atoms with Gasteiger partial charge in [0.15, 0.2) is 0 Å². The van der Waals surface area contributed by atoms with Crippen LogP contribution in [0.1, 0.15) is 18.9 Å². The molecular weight excluding hydrogens is 308 g/mol. The van der Waals surface area contributed by atoms with Gasteiger partial charge in [0.2, 0.25) is 0 Å². The number of hydrogen-bond donors (Lipinski definition) is 0. The Labute approximate surface area is 141 Å². The molecule has 1 aromatic heterocycles. The molecule has 3 rings (SSSR count). The van der Waals surface area contributed by atoms with Gasteiger partial charge in [-0.1, -0.05) is 11.6 Å². The minimum Gasteiger partial charge on any atom is -0.368 e. The molecule has 118 valence electrons. The molecule has 1 fully saturated rings. The molecular formula is C18H19ClN4. The highest BCUT2D eigenvalue weighted by Crippen LogP contribution is 2.29. The predicted molar refractivity (Wildman–Crippen MR) is 94.0 cm³/mol. The summed E-state index contributed by atoms with van der Waals surface area (Å²) in [7, 11) is 0. The van der Waals surface area contributed by atoms with E-state index in [1.54, 1.807) is 12.3 Å². The first-order valence-electron chi connectivity index (χ1n) is 7.84. The molecule has 2 aromatic rings. The van der Waals surface area contributed by atoms with Crippen molar-refractivity contribution in [2.24, 2.45) is 0 Å². The van der Waals surface area contributed by atoms with Gasteiger partial charge in [0, 0.05) is 37.6 Å². The molecule has 1 aromatic carbocycles. The number of likely N-dealkylation sites (N-methyl/N-ethyl adjacent to an activating group) is 1. The molecule has 1 atom stereocenters. The third kappa shape index (κ3) is 3.25. The second-order valence-electron chi connectivity index (χ2n) is 5.66. The second-order valence-corrected chi connectivity index (χ2v) is 6.07. The van der Waals surface area contributed by atoms with E-state index in [4.69, 9.17) is 16.9 Å². The number of aromatic nitrogens is 1. The van der Waals surface area contributed by atoms with Crippen molar-refractivity contribution in [3.8, 4) is 6.07 Å². The van der Waals surface area contributed by atoms with Crippen LogP contribution in [0.15, 0.2) is 42.7 Å². The van der Waals surface area contributed by atoms with Gasteiger partial charge in [-0.25, -0.2) is 0 Å². The summed E-state index contributed by atoms with van der Waals surface area (Å²) in [6.45, 7) is 5.06. The standard InChI is InChI=1S/C18H19ClN4/c1-2-23(15-6-5-14(11-20)18(19)10-15)17-7-9-22(13-17)16-4-3-8-21-12-16/h3-6,8,10,12,17H,2,7,9,13H2,1H3/t17-/m0/s1. The second kappa shape index (κ2) is 6.89. The normalized spacial score (nSPS) is 17.1. The lowest BCUT2D eigenvalue weighted by Crippen LogP contribution is -2.37. The molecule has 0 bridgehead atoms. The number of nitrogens with zero attached hydrogens (tertiary/aromatic N) is 4. The summed E-state index contributed by atoms with van der Waals surface area (Å²) >= 11 is 6.19. The molecule has 5 heteroatoms. The van der Waals surface area contributed by atoms with Crippen molar-refractivity contribution in [1.82, 2.24) is 4.98 Å². The highest BCUT2D eigenvalue weighted by Gasteiger charge is 2.27. The molecule has 0 amide bonds. The molecule has 23 heavy (non-hydrogen) atoms. The van der Waals surface area contributed by atoms with Gasteiger partial charge in [-0.2, -0.15) is 5.26 Å². The zero-order valence-corrected chi connectivity index (χ0v) is 13.9. The summed E-state index contributed by atoms with van der Waals surface area (Å²) < 4.78 is 0. The minimum absolute atomic E-state index is 0.434. The molecule has 0 saturated carbocycles. The largest absolute Gasteiger partial charge is 0.368 e. The lowest BCUT2D eigenvalue weighted by Gasteiger charge is -2.30. The Morgan fingerprint density at radius 2 is 2.30 bits per heavy atom. The van der Waals surface area contributed by atoms with E-state index in [9.17, 15) is 0 Å². The molecule has 0 unspecified atom stereocenters. The van der Waals surface area contributed by atoms with Crippen molar-refractivity contribution < 1.29 is 0 Å². The zero-order valence-electron chi connectivity index (χ0n) is 13.1. The maximum atomic E-state index is 9.02. The van der Waals surface area contributed by atoms with E-state index < -0.39 is 0 Å². The van der Waals surface area contributed by atoms with Crippen LogP contribution < -0.4 is 9.80 Å². The summed E-state index contributed by atoms with van der Waals surface area (Å²) in [6.07, 6.45) is 4.81. The molecule has 0 aliphatic carbocycles. The van der Waals surface area contributed by atoms with E-state index in [2.05, 4.69) is 33.8 Å². The van der Waals surface area contributed by atoms with Crippen LogP contribution in [0.5, 0.6) is 0 Å². The number of rotatable bonds is 4.